The molecule has 0 unspecified atom stereocenters. The Morgan fingerprint density at radius 1 is 0.568 bits per heavy atom. The molecule has 0 aliphatic heterocycles. The van der Waals surface area contributed by atoms with Crippen LogP contribution in [0.1, 0.15) is 11.1 Å². The fourth-order valence-corrected chi connectivity index (χ4v) is 8.19. The van der Waals surface area contributed by atoms with Crippen LogP contribution < -0.4 is 0 Å². The SMILES string of the molecule is Cc1ccc(S(=O)(=O)n2c3ccc(Br)cc3c3c2c2ccccc2n3S(=O)(=O)c2ccc(C)cc2)cc1. The first-order valence-corrected chi connectivity index (χ1v) is 15.2. The molecule has 4 aromatic carbocycles. The Morgan fingerprint density at radius 2 is 1.03 bits per heavy atom. The third-order valence-electron chi connectivity index (χ3n) is 6.56. The minimum atomic E-state index is -4.08. The predicted molar refractivity (Wildman–Crippen MR) is 150 cm³/mol. The van der Waals surface area contributed by atoms with Crippen molar-refractivity contribution in [3.8, 4) is 0 Å². The van der Waals surface area contributed by atoms with Crippen molar-refractivity contribution in [2.75, 3.05) is 0 Å². The molecule has 0 amide bonds. The lowest BCUT2D eigenvalue weighted by Crippen LogP contribution is -2.13. The largest absolute Gasteiger partial charge is 0.268 e. The van der Waals surface area contributed by atoms with Crippen LogP contribution in [0.25, 0.3) is 32.8 Å². The number of aryl methyl sites for hydroxylation is 2. The zero-order chi connectivity index (χ0) is 26.1. The highest BCUT2D eigenvalue weighted by Crippen LogP contribution is 2.41. The number of para-hydroxylation sites is 1. The third kappa shape index (κ3) is 3.56. The molecule has 0 saturated carbocycles. The summed E-state index contributed by atoms with van der Waals surface area (Å²) in [4.78, 5) is 0.246. The standard InChI is InChI=1S/C28H21BrN2O4S2/c1-18-7-12-21(13-8-18)36(32,33)30-25-6-4-3-5-23(25)27-28(30)24-17-20(29)11-16-26(24)31(27)37(34,35)22-14-9-19(2)10-15-22/h3-17H,1-2H3. The monoisotopic (exact) mass is 592 g/mol. The van der Waals surface area contributed by atoms with Crippen LogP contribution in [0.2, 0.25) is 0 Å². The average molecular weight is 594 g/mol. The quantitative estimate of drug-likeness (QED) is 0.231. The molecule has 0 aliphatic carbocycles. The fourth-order valence-electron chi connectivity index (χ4n) is 4.76. The van der Waals surface area contributed by atoms with Crippen molar-refractivity contribution in [2.45, 2.75) is 23.6 Å². The second-order valence-electron chi connectivity index (χ2n) is 9.04. The molecule has 9 heteroatoms. The zero-order valence-electron chi connectivity index (χ0n) is 19.9. The molecular formula is C28H21BrN2O4S2. The maximum absolute atomic E-state index is 14.1. The number of fused-ring (bicyclic) bond motifs is 5. The highest BCUT2D eigenvalue weighted by Gasteiger charge is 2.32. The van der Waals surface area contributed by atoms with Crippen LogP contribution in [-0.2, 0) is 20.0 Å². The van der Waals surface area contributed by atoms with Gasteiger partial charge in [-0.2, -0.15) is 0 Å². The van der Waals surface area contributed by atoms with Gasteiger partial charge in [0.15, 0.2) is 0 Å². The molecule has 0 N–H and O–H groups in total. The summed E-state index contributed by atoms with van der Waals surface area (Å²) in [6.45, 7) is 3.78. The van der Waals surface area contributed by atoms with Crippen LogP contribution in [0.3, 0.4) is 0 Å². The van der Waals surface area contributed by atoms with Gasteiger partial charge < -0.3 is 0 Å². The van der Waals surface area contributed by atoms with Crippen molar-refractivity contribution >= 4 is 68.8 Å². The lowest BCUT2D eigenvalue weighted by Gasteiger charge is -2.10. The Morgan fingerprint density at radius 3 is 1.57 bits per heavy atom. The Labute approximate surface area is 223 Å². The third-order valence-corrected chi connectivity index (χ3v) is 10.5. The lowest BCUT2D eigenvalue weighted by atomic mass is 10.2. The second-order valence-corrected chi connectivity index (χ2v) is 13.5. The van der Waals surface area contributed by atoms with Gasteiger partial charge in [-0.3, -0.25) is 0 Å². The molecule has 0 saturated heterocycles. The number of benzene rings is 4. The first-order chi connectivity index (χ1) is 17.6. The fraction of sp³-hybridized carbons (Fsp3) is 0.0714. The number of nitrogens with zero attached hydrogens (tertiary/aromatic N) is 2. The van der Waals surface area contributed by atoms with Crippen LogP contribution in [0.5, 0.6) is 0 Å². The van der Waals surface area contributed by atoms with Gasteiger partial charge in [0.05, 0.1) is 31.9 Å². The molecular weight excluding hydrogens is 572 g/mol. The minimum Gasteiger partial charge on any atom is -0.231 e. The van der Waals surface area contributed by atoms with E-state index in [4.69, 9.17) is 0 Å². The summed E-state index contributed by atoms with van der Waals surface area (Å²) in [6.07, 6.45) is 0. The number of hydrogen-bond donors (Lipinski definition) is 0. The van der Waals surface area contributed by atoms with E-state index in [1.807, 2.05) is 13.8 Å². The lowest BCUT2D eigenvalue weighted by molar-refractivity contribution is 0.588. The van der Waals surface area contributed by atoms with E-state index in [1.54, 1.807) is 91.0 Å². The van der Waals surface area contributed by atoms with E-state index < -0.39 is 20.0 Å². The number of aromatic nitrogens is 2. The zero-order valence-corrected chi connectivity index (χ0v) is 23.1. The normalized spacial score (nSPS) is 12.6. The number of halogens is 1. The molecule has 0 bridgehead atoms. The Balaban J connectivity index is 1.83. The molecule has 0 radical (unpaired) electrons. The summed E-state index contributed by atoms with van der Waals surface area (Å²) < 4.78 is 59.7. The predicted octanol–water partition coefficient (Wildman–Crippen LogP) is 6.60. The van der Waals surface area contributed by atoms with Crippen molar-refractivity contribution in [2.24, 2.45) is 0 Å². The van der Waals surface area contributed by atoms with E-state index in [9.17, 15) is 16.8 Å². The summed E-state index contributed by atoms with van der Waals surface area (Å²) in [5.74, 6) is 0. The van der Waals surface area contributed by atoms with E-state index >= 15 is 0 Å². The van der Waals surface area contributed by atoms with E-state index in [0.29, 0.717) is 37.3 Å². The van der Waals surface area contributed by atoms with Crippen LogP contribution in [0, 0.1) is 13.8 Å². The topological polar surface area (TPSA) is 78.1 Å². The molecule has 37 heavy (non-hydrogen) atoms. The molecule has 6 rings (SSSR count). The highest BCUT2D eigenvalue weighted by molar-refractivity contribution is 9.10. The molecule has 0 fully saturated rings. The Hall–Kier alpha value is -3.40. The number of hydrogen-bond acceptors (Lipinski definition) is 4. The minimum absolute atomic E-state index is 0.123. The molecule has 186 valence electrons. The van der Waals surface area contributed by atoms with Crippen LogP contribution in [0.15, 0.2) is 105 Å². The highest BCUT2D eigenvalue weighted by atomic mass is 79.9. The maximum Gasteiger partial charge on any atom is 0.268 e. The van der Waals surface area contributed by atoms with Gasteiger partial charge >= 0.3 is 0 Å². The van der Waals surface area contributed by atoms with Crippen molar-refractivity contribution in [3.63, 3.8) is 0 Å². The summed E-state index contributed by atoms with van der Waals surface area (Å²) in [5.41, 5.74) is 3.31. The summed E-state index contributed by atoms with van der Waals surface area (Å²) in [6, 6.07) is 25.5. The maximum atomic E-state index is 14.1. The van der Waals surface area contributed by atoms with Gasteiger partial charge in [-0.05, 0) is 62.4 Å². The number of rotatable bonds is 4. The molecule has 0 atom stereocenters. The van der Waals surface area contributed by atoms with Gasteiger partial charge in [0.2, 0.25) is 0 Å². The molecule has 2 heterocycles. The first-order valence-electron chi connectivity index (χ1n) is 11.5. The molecule has 6 aromatic rings. The van der Waals surface area contributed by atoms with Crippen molar-refractivity contribution in [3.05, 3.63) is 107 Å². The van der Waals surface area contributed by atoms with E-state index in [-0.39, 0.29) is 9.79 Å². The van der Waals surface area contributed by atoms with Crippen LogP contribution in [-0.4, -0.2) is 24.8 Å². The molecule has 0 spiro atoms. The van der Waals surface area contributed by atoms with Gasteiger partial charge in [0, 0.05) is 15.2 Å². The molecule has 2 aromatic heterocycles. The second kappa shape index (κ2) is 8.31. The van der Waals surface area contributed by atoms with E-state index in [0.717, 1.165) is 11.1 Å². The summed E-state index contributed by atoms with van der Waals surface area (Å²) in [7, 11) is -8.16. The van der Waals surface area contributed by atoms with Gasteiger partial charge in [0.25, 0.3) is 20.0 Å². The van der Waals surface area contributed by atoms with Crippen LogP contribution in [0.4, 0.5) is 0 Å². The van der Waals surface area contributed by atoms with E-state index in [2.05, 4.69) is 15.9 Å². The van der Waals surface area contributed by atoms with Crippen molar-refractivity contribution in [1.29, 1.82) is 0 Å². The molecule has 6 nitrogen and oxygen atoms in total. The van der Waals surface area contributed by atoms with Gasteiger partial charge in [0.1, 0.15) is 0 Å². The summed E-state index contributed by atoms with van der Waals surface area (Å²) >= 11 is 3.49. The van der Waals surface area contributed by atoms with E-state index in [1.165, 1.54) is 7.94 Å². The van der Waals surface area contributed by atoms with Gasteiger partial charge in [-0.1, -0.05) is 69.5 Å². The summed E-state index contributed by atoms with van der Waals surface area (Å²) in [5, 5.41) is 1.03. The average Bonchev–Trinajstić information content (AvgIpc) is 3.37. The van der Waals surface area contributed by atoms with Gasteiger partial charge in [-0.15, -0.1) is 0 Å². The smallest absolute Gasteiger partial charge is 0.231 e. The van der Waals surface area contributed by atoms with Crippen LogP contribution >= 0.6 is 15.9 Å². The Bertz CT molecular complexity index is 2000. The van der Waals surface area contributed by atoms with Gasteiger partial charge in [-0.25, -0.2) is 24.8 Å². The van der Waals surface area contributed by atoms with Crippen molar-refractivity contribution < 1.29 is 16.8 Å². The first kappa shape index (κ1) is 24.0. The Kier molecular flexibility index (Phi) is 5.38. The molecule has 0 aliphatic rings. The van der Waals surface area contributed by atoms with Crippen molar-refractivity contribution in [1.82, 2.24) is 7.94 Å².